The smallest absolute Gasteiger partial charge is 0.133 e. The van der Waals surface area contributed by atoms with E-state index < -0.39 is 0 Å². The molecule has 2 aromatic rings. The molecule has 21 heavy (non-hydrogen) atoms. The van der Waals surface area contributed by atoms with Gasteiger partial charge in [0, 0.05) is 10.5 Å². The zero-order valence-electron chi connectivity index (χ0n) is 12.2. The SMILES string of the molecule is CCNC(Cc1ccc(Br)cc1)c1ccc(OC)c(Br)c1. The third-order valence-corrected chi connectivity index (χ3v) is 4.53. The van der Waals surface area contributed by atoms with Crippen molar-refractivity contribution in [1.82, 2.24) is 5.32 Å². The monoisotopic (exact) mass is 411 g/mol. The van der Waals surface area contributed by atoms with Crippen LogP contribution >= 0.6 is 31.9 Å². The third kappa shape index (κ3) is 4.56. The van der Waals surface area contributed by atoms with Crippen molar-refractivity contribution in [2.45, 2.75) is 19.4 Å². The molecule has 0 spiro atoms. The number of ether oxygens (including phenoxy) is 1. The first-order chi connectivity index (χ1) is 10.1. The summed E-state index contributed by atoms with van der Waals surface area (Å²) in [5.41, 5.74) is 2.57. The summed E-state index contributed by atoms with van der Waals surface area (Å²) < 4.78 is 7.40. The van der Waals surface area contributed by atoms with Crippen molar-refractivity contribution >= 4 is 31.9 Å². The van der Waals surface area contributed by atoms with E-state index in [4.69, 9.17) is 4.74 Å². The molecule has 2 rings (SSSR count). The molecular formula is C17H19Br2NO. The van der Waals surface area contributed by atoms with Crippen LogP contribution in [0.4, 0.5) is 0 Å². The Morgan fingerprint density at radius 2 is 1.81 bits per heavy atom. The van der Waals surface area contributed by atoms with Gasteiger partial charge in [-0.3, -0.25) is 0 Å². The lowest BCUT2D eigenvalue weighted by Gasteiger charge is -2.19. The maximum Gasteiger partial charge on any atom is 0.133 e. The minimum Gasteiger partial charge on any atom is -0.496 e. The summed E-state index contributed by atoms with van der Waals surface area (Å²) >= 11 is 7.04. The van der Waals surface area contributed by atoms with E-state index in [-0.39, 0.29) is 0 Å². The number of hydrogen-bond acceptors (Lipinski definition) is 2. The molecule has 0 amide bonds. The van der Waals surface area contributed by atoms with Crippen LogP contribution < -0.4 is 10.1 Å². The predicted molar refractivity (Wildman–Crippen MR) is 95.0 cm³/mol. The van der Waals surface area contributed by atoms with Gasteiger partial charge in [0.25, 0.3) is 0 Å². The van der Waals surface area contributed by atoms with E-state index in [2.05, 4.69) is 80.5 Å². The van der Waals surface area contributed by atoms with E-state index in [0.717, 1.165) is 27.7 Å². The molecule has 112 valence electrons. The number of benzene rings is 2. The fourth-order valence-electron chi connectivity index (χ4n) is 2.31. The first-order valence-electron chi connectivity index (χ1n) is 6.95. The topological polar surface area (TPSA) is 21.3 Å². The lowest BCUT2D eigenvalue weighted by Crippen LogP contribution is -2.23. The molecule has 0 aliphatic rings. The Balaban J connectivity index is 2.21. The molecule has 0 aliphatic heterocycles. The average Bonchev–Trinajstić information content (AvgIpc) is 2.49. The molecule has 0 heterocycles. The Hall–Kier alpha value is -0.840. The maximum absolute atomic E-state index is 5.30. The van der Waals surface area contributed by atoms with E-state index in [9.17, 15) is 0 Å². The van der Waals surface area contributed by atoms with Gasteiger partial charge in [-0.05, 0) is 64.3 Å². The highest BCUT2D eigenvalue weighted by molar-refractivity contribution is 9.10. The van der Waals surface area contributed by atoms with E-state index in [1.807, 2.05) is 6.07 Å². The van der Waals surface area contributed by atoms with Gasteiger partial charge in [-0.1, -0.05) is 41.1 Å². The number of likely N-dealkylation sites (N-methyl/N-ethyl adjacent to an activating group) is 1. The molecule has 0 radical (unpaired) electrons. The average molecular weight is 413 g/mol. The first kappa shape index (κ1) is 16.5. The lowest BCUT2D eigenvalue weighted by atomic mass is 9.99. The Labute approximate surface area is 143 Å². The van der Waals surface area contributed by atoms with Crippen LogP contribution in [0.1, 0.15) is 24.1 Å². The van der Waals surface area contributed by atoms with E-state index in [1.165, 1.54) is 11.1 Å². The number of methoxy groups -OCH3 is 1. The summed E-state index contributed by atoms with van der Waals surface area (Å²) in [6.45, 7) is 3.07. The molecule has 2 nitrogen and oxygen atoms in total. The van der Waals surface area contributed by atoms with Crippen molar-refractivity contribution in [1.29, 1.82) is 0 Å². The van der Waals surface area contributed by atoms with Gasteiger partial charge in [0.1, 0.15) is 5.75 Å². The van der Waals surface area contributed by atoms with Crippen LogP contribution in [0.25, 0.3) is 0 Å². The molecule has 2 aromatic carbocycles. The molecule has 0 bridgehead atoms. The first-order valence-corrected chi connectivity index (χ1v) is 8.54. The van der Waals surface area contributed by atoms with Crippen LogP contribution in [0, 0.1) is 0 Å². The zero-order chi connectivity index (χ0) is 15.2. The van der Waals surface area contributed by atoms with Gasteiger partial charge in [-0.2, -0.15) is 0 Å². The van der Waals surface area contributed by atoms with Crippen LogP contribution in [0.15, 0.2) is 51.4 Å². The van der Waals surface area contributed by atoms with E-state index >= 15 is 0 Å². The lowest BCUT2D eigenvalue weighted by molar-refractivity contribution is 0.411. The summed E-state index contributed by atoms with van der Waals surface area (Å²) in [6, 6.07) is 15.0. The van der Waals surface area contributed by atoms with Gasteiger partial charge in [0.15, 0.2) is 0 Å². The second kappa shape index (κ2) is 7.97. The van der Waals surface area contributed by atoms with Crippen LogP contribution in [0.2, 0.25) is 0 Å². The second-order valence-corrected chi connectivity index (χ2v) is 6.60. The predicted octanol–water partition coefficient (Wildman–Crippen LogP) is 5.11. The fraction of sp³-hybridized carbons (Fsp3) is 0.294. The van der Waals surface area contributed by atoms with Gasteiger partial charge < -0.3 is 10.1 Å². The van der Waals surface area contributed by atoms with Gasteiger partial charge in [0.2, 0.25) is 0 Å². The number of nitrogens with one attached hydrogen (secondary N) is 1. The molecular weight excluding hydrogens is 394 g/mol. The Morgan fingerprint density at radius 1 is 1.10 bits per heavy atom. The normalized spacial score (nSPS) is 12.2. The van der Waals surface area contributed by atoms with Crippen molar-refractivity contribution < 1.29 is 4.74 Å². The van der Waals surface area contributed by atoms with Crippen LogP contribution in [-0.2, 0) is 6.42 Å². The van der Waals surface area contributed by atoms with Crippen LogP contribution in [-0.4, -0.2) is 13.7 Å². The highest BCUT2D eigenvalue weighted by Crippen LogP contribution is 2.29. The summed E-state index contributed by atoms with van der Waals surface area (Å²) in [5.74, 6) is 0.859. The minimum absolute atomic E-state index is 0.290. The number of hydrogen-bond donors (Lipinski definition) is 1. The van der Waals surface area contributed by atoms with Crippen molar-refractivity contribution in [3.05, 3.63) is 62.5 Å². The van der Waals surface area contributed by atoms with E-state index in [0.29, 0.717) is 6.04 Å². The van der Waals surface area contributed by atoms with Crippen LogP contribution in [0.3, 0.4) is 0 Å². The molecule has 0 saturated carbocycles. The highest BCUT2D eigenvalue weighted by Gasteiger charge is 2.13. The van der Waals surface area contributed by atoms with Gasteiger partial charge in [0.05, 0.1) is 11.6 Å². The fourth-order valence-corrected chi connectivity index (χ4v) is 3.13. The quantitative estimate of drug-likeness (QED) is 0.711. The van der Waals surface area contributed by atoms with Crippen molar-refractivity contribution in [2.75, 3.05) is 13.7 Å². The number of rotatable bonds is 6. The van der Waals surface area contributed by atoms with E-state index in [1.54, 1.807) is 7.11 Å². The maximum atomic E-state index is 5.30. The molecule has 0 aromatic heterocycles. The van der Waals surface area contributed by atoms with Crippen molar-refractivity contribution in [3.8, 4) is 5.75 Å². The Bertz CT molecular complexity index is 584. The molecule has 0 aliphatic carbocycles. The van der Waals surface area contributed by atoms with Crippen molar-refractivity contribution in [3.63, 3.8) is 0 Å². The van der Waals surface area contributed by atoms with Gasteiger partial charge >= 0.3 is 0 Å². The Morgan fingerprint density at radius 3 is 2.38 bits per heavy atom. The summed E-state index contributed by atoms with van der Waals surface area (Å²) in [5, 5.41) is 3.55. The summed E-state index contributed by atoms with van der Waals surface area (Å²) in [4.78, 5) is 0. The molecule has 1 N–H and O–H groups in total. The highest BCUT2D eigenvalue weighted by atomic mass is 79.9. The molecule has 1 unspecified atom stereocenters. The third-order valence-electron chi connectivity index (χ3n) is 3.38. The minimum atomic E-state index is 0.290. The zero-order valence-corrected chi connectivity index (χ0v) is 15.4. The summed E-state index contributed by atoms with van der Waals surface area (Å²) in [7, 11) is 1.68. The van der Waals surface area contributed by atoms with Gasteiger partial charge in [-0.25, -0.2) is 0 Å². The summed E-state index contributed by atoms with van der Waals surface area (Å²) in [6.07, 6.45) is 0.958. The standard InChI is InChI=1S/C17H19Br2NO/c1-3-20-16(10-12-4-7-14(18)8-5-12)13-6-9-17(21-2)15(19)11-13/h4-9,11,16,20H,3,10H2,1-2H3. The Kier molecular flexibility index (Phi) is 6.27. The second-order valence-electron chi connectivity index (χ2n) is 4.83. The van der Waals surface area contributed by atoms with Crippen LogP contribution in [0.5, 0.6) is 5.75 Å². The molecule has 4 heteroatoms. The molecule has 0 fully saturated rings. The molecule has 1 atom stereocenters. The largest absolute Gasteiger partial charge is 0.496 e. The molecule has 0 saturated heterocycles. The van der Waals surface area contributed by atoms with Gasteiger partial charge in [-0.15, -0.1) is 0 Å². The van der Waals surface area contributed by atoms with Crippen molar-refractivity contribution in [2.24, 2.45) is 0 Å². The number of halogens is 2.